The molecule has 4 fully saturated rings. The number of thioether (sulfide) groups is 1. The third-order valence-corrected chi connectivity index (χ3v) is 15.5. The number of hydrogen-bond donors (Lipinski definition) is 3. The Hall–Kier alpha value is -5.09. The van der Waals surface area contributed by atoms with Gasteiger partial charge in [-0.05, 0) is 67.8 Å². The van der Waals surface area contributed by atoms with Crippen LogP contribution in [0.5, 0.6) is 0 Å². The van der Waals surface area contributed by atoms with E-state index >= 15 is 4.39 Å². The second-order valence-corrected chi connectivity index (χ2v) is 19.8. The lowest BCUT2D eigenvalue weighted by molar-refractivity contribution is -0.120. The predicted molar refractivity (Wildman–Crippen MR) is 218 cm³/mol. The van der Waals surface area contributed by atoms with Crippen molar-refractivity contribution >= 4 is 60.8 Å². The van der Waals surface area contributed by atoms with Crippen LogP contribution in [0.25, 0.3) is 0 Å². The van der Waals surface area contributed by atoms with Gasteiger partial charge in [-0.3, -0.25) is 29.6 Å². The Morgan fingerprint density at radius 3 is 2.30 bits per heavy atom. The van der Waals surface area contributed by atoms with Gasteiger partial charge in [0.15, 0.2) is 0 Å². The monoisotopic (exact) mass is 903 g/mol. The number of carbonyl (C=O) groups excluding carboxylic acids is 3. The molecule has 3 atom stereocenters. The molecule has 0 spiro atoms. The van der Waals surface area contributed by atoms with Crippen molar-refractivity contribution in [2.75, 3.05) is 42.1 Å². The summed E-state index contributed by atoms with van der Waals surface area (Å²) in [6.45, 7) is 2.02. The number of halogens is 4. The van der Waals surface area contributed by atoms with Crippen molar-refractivity contribution in [2.24, 2.45) is 5.73 Å². The summed E-state index contributed by atoms with van der Waals surface area (Å²) in [4.78, 5) is 44.1. The molecule has 21 heteroatoms. The Morgan fingerprint density at radius 1 is 0.934 bits per heavy atom. The van der Waals surface area contributed by atoms with Gasteiger partial charge in [0, 0.05) is 73.5 Å². The molecule has 4 aliphatic heterocycles. The number of benzene rings is 3. The summed E-state index contributed by atoms with van der Waals surface area (Å²) in [5, 5.41) is 5.25. The number of anilines is 2. The van der Waals surface area contributed by atoms with Crippen LogP contribution in [0.15, 0.2) is 105 Å². The average Bonchev–Trinajstić information content (AvgIpc) is 3.23. The van der Waals surface area contributed by atoms with Gasteiger partial charge in [-0.15, -0.1) is 11.8 Å². The standard InChI is InChI=1S/C40H41F4N7O7S3/c41-32-20-46-36(51-17-15-37(52)48-39(51)54)18-25(32)21-50-23-27-10-11-28(50)22-49(27)16-14-26(24-59-29-6-2-1-3-7-29)47-33-13-12-30(19-35(33)61(57,58)40(42,43)44)60(55,56)34-9-5-4-8-31(34)38(45)53/h1-9,12-13,18-20,26-28,47H,10-11,14-17,21-24H2,(H2,45,53)(H,48,52,54)/t26-,27?,28?/m1/s1. The number of pyridine rings is 1. The van der Waals surface area contributed by atoms with E-state index in [1.165, 1.54) is 34.9 Å². The van der Waals surface area contributed by atoms with Gasteiger partial charge in [-0.1, -0.05) is 30.3 Å². The topological polar surface area (TPSA) is 192 Å². The van der Waals surface area contributed by atoms with Gasteiger partial charge in [0.1, 0.15) is 16.5 Å². The van der Waals surface area contributed by atoms with Gasteiger partial charge in [0.2, 0.25) is 21.7 Å². The highest BCUT2D eigenvalue weighted by molar-refractivity contribution is 7.99. The number of piperidine rings is 2. The third-order valence-electron chi connectivity index (χ3n) is 11.0. The molecule has 5 heterocycles. The number of primary amides is 1. The maximum Gasteiger partial charge on any atom is 0.501 e. The number of fused-ring (bicyclic) bond motifs is 3. The molecule has 0 radical (unpaired) electrons. The minimum absolute atomic E-state index is 0.0275. The Kier molecular flexibility index (Phi) is 12.8. The number of nitrogens with one attached hydrogen (secondary N) is 2. The first-order chi connectivity index (χ1) is 28.9. The summed E-state index contributed by atoms with van der Waals surface area (Å²) >= 11 is 1.41. The fourth-order valence-electron chi connectivity index (χ4n) is 7.83. The summed E-state index contributed by atoms with van der Waals surface area (Å²) in [6, 6.07) is 16.8. The maximum absolute atomic E-state index is 15.1. The zero-order valence-corrected chi connectivity index (χ0v) is 34.8. The lowest BCUT2D eigenvalue weighted by atomic mass is 9.90. The summed E-state index contributed by atoms with van der Waals surface area (Å²) < 4.78 is 111. The zero-order chi connectivity index (χ0) is 43.7. The first-order valence-corrected chi connectivity index (χ1v) is 23.1. The molecule has 3 aromatic carbocycles. The number of urea groups is 1. The molecular weight excluding hydrogens is 863 g/mol. The molecular formula is C40H41F4N7O7S3. The Labute approximate surface area is 353 Å². The average molecular weight is 904 g/mol. The number of nitrogens with zero attached hydrogens (tertiary/aromatic N) is 4. The van der Waals surface area contributed by atoms with Crippen molar-refractivity contribution in [1.82, 2.24) is 20.1 Å². The molecule has 2 unspecified atom stereocenters. The Bertz CT molecular complexity index is 2550. The molecule has 2 bridgehead atoms. The lowest BCUT2D eigenvalue weighted by Crippen LogP contribution is -2.62. The van der Waals surface area contributed by atoms with Crippen molar-refractivity contribution in [1.29, 1.82) is 0 Å². The molecule has 8 rings (SSSR count). The number of alkyl halides is 3. The van der Waals surface area contributed by atoms with Crippen molar-refractivity contribution in [3.8, 4) is 0 Å². The van der Waals surface area contributed by atoms with Gasteiger partial charge in [0.05, 0.1) is 27.2 Å². The van der Waals surface area contributed by atoms with Crippen LogP contribution in [0, 0.1) is 5.82 Å². The minimum atomic E-state index is -6.11. The van der Waals surface area contributed by atoms with Gasteiger partial charge >= 0.3 is 11.5 Å². The molecule has 324 valence electrons. The smallest absolute Gasteiger partial charge is 0.380 e. The normalized spacial score (nSPS) is 19.4. The van der Waals surface area contributed by atoms with Crippen LogP contribution in [0.1, 0.15) is 41.6 Å². The van der Waals surface area contributed by atoms with Crippen LogP contribution in [-0.2, 0) is 31.0 Å². The van der Waals surface area contributed by atoms with E-state index in [0.717, 1.165) is 48.2 Å². The number of piperazine rings is 1. The van der Waals surface area contributed by atoms with Crippen LogP contribution in [0.4, 0.5) is 33.9 Å². The molecule has 4 aliphatic rings. The van der Waals surface area contributed by atoms with Crippen molar-refractivity contribution in [2.45, 2.75) is 75.4 Å². The lowest BCUT2D eigenvalue weighted by Gasteiger charge is -2.52. The van der Waals surface area contributed by atoms with Crippen molar-refractivity contribution in [3.63, 3.8) is 0 Å². The molecule has 1 aromatic heterocycles. The van der Waals surface area contributed by atoms with Crippen molar-refractivity contribution in [3.05, 3.63) is 102 Å². The quantitative estimate of drug-likeness (QED) is 0.105. The van der Waals surface area contributed by atoms with Gasteiger partial charge in [-0.2, -0.15) is 13.2 Å². The molecule has 4 amide bonds. The molecule has 0 aliphatic carbocycles. The van der Waals surface area contributed by atoms with Crippen LogP contribution in [0.3, 0.4) is 0 Å². The van der Waals surface area contributed by atoms with Gasteiger partial charge in [-0.25, -0.2) is 31.0 Å². The summed E-state index contributed by atoms with van der Waals surface area (Å²) in [5.74, 6) is -1.51. The summed E-state index contributed by atoms with van der Waals surface area (Å²) in [5.41, 5.74) is -0.931. The minimum Gasteiger partial charge on any atom is -0.380 e. The Balaban J connectivity index is 1.11. The third kappa shape index (κ3) is 9.54. The first kappa shape index (κ1) is 44.0. The van der Waals surface area contributed by atoms with E-state index in [9.17, 15) is 44.4 Å². The largest absolute Gasteiger partial charge is 0.501 e. The van der Waals surface area contributed by atoms with E-state index in [2.05, 4.69) is 25.4 Å². The van der Waals surface area contributed by atoms with E-state index < -0.39 is 80.8 Å². The van der Waals surface area contributed by atoms with Crippen LogP contribution >= 0.6 is 11.8 Å². The van der Waals surface area contributed by atoms with Crippen molar-refractivity contribution < 1.29 is 48.8 Å². The summed E-state index contributed by atoms with van der Waals surface area (Å²) in [6.07, 6.45) is 3.17. The number of rotatable bonds is 15. The van der Waals surface area contributed by atoms with Gasteiger partial charge in [0.25, 0.3) is 9.84 Å². The number of carbonyl (C=O) groups is 3. The first-order valence-electron chi connectivity index (χ1n) is 19.2. The fourth-order valence-corrected chi connectivity index (χ4v) is 11.3. The van der Waals surface area contributed by atoms with E-state index in [0.29, 0.717) is 43.4 Å². The SMILES string of the molecule is NC(=O)c1ccccc1S(=O)(=O)c1ccc(N[C@H](CCN2CC3CCC2CN3Cc2cc(N3CCC(=O)NC3=O)ncc2F)CSc2ccccc2)c(S(=O)(=O)C(F)(F)F)c1. The molecule has 4 aromatic rings. The molecule has 61 heavy (non-hydrogen) atoms. The molecule has 4 N–H and O–H groups in total. The summed E-state index contributed by atoms with van der Waals surface area (Å²) in [7, 11) is -10.8. The maximum atomic E-state index is 15.1. The highest BCUT2D eigenvalue weighted by atomic mass is 32.2. The number of hydrogen-bond acceptors (Lipinski definition) is 12. The highest BCUT2D eigenvalue weighted by Crippen LogP contribution is 2.38. The van der Waals surface area contributed by atoms with Crippen LogP contribution in [-0.4, -0.2) is 105 Å². The zero-order valence-electron chi connectivity index (χ0n) is 32.3. The van der Waals surface area contributed by atoms with Gasteiger partial charge < -0.3 is 11.1 Å². The van der Waals surface area contributed by atoms with Crippen LogP contribution in [0.2, 0.25) is 0 Å². The fraction of sp³-hybridized carbons (Fsp3) is 0.350. The van der Waals surface area contributed by atoms with Crippen LogP contribution < -0.4 is 21.3 Å². The van der Waals surface area contributed by atoms with E-state index in [1.54, 1.807) is 0 Å². The number of aromatic nitrogens is 1. The van der Waals surface area contributed by atoms with E-state index in [-0.39, 0.29) is 37.4 Å². The predicted octanol–water partition coefficient (Wildman–Crippen LogP) is 5.20. The molecule has 14 nitrogen and oxygen atoms in total. The molecule has 0 saturated carbocycles. The van der Waals surface area contributed by atoms with E-state index in [1.807, 2.05) is 30.3 Å². The number of imide groups is 1. The highest BCUT2D eigenvalue weighted by Gasteiger charge is 2.49. The molecule has 4 saturated heterocycles. The number of amides is 4. The second kappa shape index (κ2) is 17.7. The second-order valence-electron chi connectivity index (χ2n) is 14.9. The number of sulfone groups is 2. The van der Waals surface area contributed by atoms with E-state index in [4.69, 9.17) is 5.73 Å². The Morgan fingerprint density at radius 2 is 1.62 bits per heavy atom. The number of nitrogens with two attached hydrogens (primary N) is 1.